The van der Waals surface area contributed by atoms with Crippen molar-refractivity contribution < 1.29 is 0 Å². The van der Waals surface area contributed by atoms with Crippen molar-refractivity contribution in [2.75, 3.05) is 13.1 Å². The van der Waals surface area contributed by atoms with Gasteiger partial charge in [0.05, 0.1) is 18.8 Å². The van der Waals surface area contributed by atoms with E-state index in [1.165, 1.54) is 0 Å². The largest absolute Gasteiger partial charge is 0.285 e. The Morgan fingerprint density at radius 2 is 2.45 bits per heavy atom. The van der Waals surface area contributed by atoms with Crippen LogP contribution in [0.4, 0.5) is 0 Å². The Hall–Kier alpha value is -1.52. The van der Waals surface area contributed by atoms with Crippen molar-refractivity contribution in [2.45, 2.75) is 0 Å². The Morgan fingerprint density at radius 3 is 3.45 bits per heavy atom. The van der Waals surface area contributed by atoms with Crippen LogP contribution >= 0.6 is 0 Å². The van der Waals surface area contributed by atoms with Crippen LogP contribution in [0.2, 0.25) is 0 Å². The summed E-state index contributed by atoms with van der Waals surface area (Å²) in [6.45, 7) is 1.28. The molecule has 0 radical (unpaired) electrons. The SMILES string of the molecule is C1=NCC=C2N=NNCC2=N1. The van der Waals surface area contributed by atoms with Gasteiger partial charge in [-0.15, -0.1) is 5.11 Å². The van der Waals surface area contributed by atoms with Crippen LogP contribution < -0.4 is 5.43 Å². The molecule has 0 saturated heterocycles. The molecule has 0 bridgehead atoms. The number of nitrogens with one attached hydrogen (secondary N) is 1. The summed E-state index contributed by atoms with van der Waals surface area (Å²) in [4.78, 5) is 8.06. The molecule has 0 unspecified atom stereocenters. The van der Waals surface area contributed by atoms with Crippen molar-refractivity contribution in [1.29, 1.82) is 0 Å². The van der Waals surface area contributed by atoms with E-state index >= 15 is 0 Å². The lowest BCUT2D eigenvalue weighted by atomic mass is 10.2. The molecular formula is C6H7N5. The molecule has 0 aromatic carbocycles. The summed E-state index contributed by atoms with van der Waals surface area (Å²) in [5.41, 5.74) is 4.48. The summed E-state index contributed by atoms with van der Waals surface area (Å²) < 4.78 is 0. The molecule has 5 nitrogen and oxygen atoms in total. The summed E-state index contributed by atoms with van der Waals surface area (Å²) in [6, 6.07) is 0. The Labute approximate surface area is 63.6 Å². The first-order chi connectivity index (χ1) is 5.47. The van der Waals surface area contributed by atoms with Crippen LogP contribution in [0.5, 0.6) is 0 Å². The first-order valence-corrected chi connectivity index (χ1v) is 3.36. The lowest BCUT2D eigenvalue weighted by Crippen LogP contribution is -2.23. The molecule has 0 aromatic heterocycles. The zero-order chi connectivity index (χ0) is 7.52. The highest BCUT2D eigenvalue weighted by Crippen LogP contribution is 2.06. The predicted molar refractivity (Wildman–Crippen MR) is 41.7 cm³/mol. The van der Waals surface area contributed by atoms with E-state index in [9.17, 15) is 0 Å². The van der Waals surface area contributed by atoms with Crippen LogP contribution in [0.1, 0.15) is 0 Å². The molecule has 5 heteroatoms. The number of nitrogens with zero attached hydrogens (tertiary/aromatic N) is 4. The monoisotopic (exact) mass is 149 g/mol. The maximum absolute atomic E-state index is 4.09. The number of fused-ring (bicyclic) bond motifs is 1. The van der Waals surface area contributed by atoms with E-state index in [4.69, 9.17) is 0 Å². The van der Waals surface area contributed by atoms with Gasteiger partial charge in [0, 0.05) is 0 Å². The molecule has 0 amide bonds. The third-order valence-corrected chi connectivity index (χ3v) is 1.46. The van der Waals surface area contributed by atoms with E-state index in [-0.39, 0.29) is 0 Å². The molecule has 0 saturated carbocycles. The molecule has 11 heavy (non-hydrogen) atoms. The minimum absolute atomic E-state index is 0.640. The van der Waals surface area contributed by atoms with Crippen LogP contribution in [0.15, 0.2) is 32.1 Å². The molecule has 56 valence electrons. The van der Waals surface area contributed by atoms with Gasteiger partial charge in [-0.3, -0.25) is 10.4 Å². The summed E-state index contributed by atoms with van der Waals surface area (Å²) in [5.74, 6) is 0. The van der Waals surface area contributed by atoms with Crippen LogP contribution in [-0.4, -0.2) is 25.1 Å². The third kappa shape index (κ3) is 1.17. The molecule has 0 atom stereocenters. The molecule has 2 rings (SSSR count). The van der Waals surface area contributed by atoms with Gasteiger partial charge in [-0.05, 0) is 6.08 Å². The standard InChI is InChI=1S/C6H7N5/c1-2-7-4-8-6-3-9-11-10-5(1)6/h1,4H,2-3H2,(H,9,10). The Morgan fingerprint density at radius 1 is 1.45 bits per heavy atom. The van der Waals surface area contributed by atoms with Gasteiger partial charge >= 0.3 is 0 Å². The zero-order valence-corrected chi connectivity index (χ0v) is 5.86. The fraction of sp³-hybridized carbons (Fsp3) is 0.333. The van der Waals surface area contributed by atoms with Crippen LogP contribution in [0, 0.1) is 0 Å². The minimum atomic E-state index is 0.640. The Bertz CT molecular complexity index is 273. The fourth-order valence-electron chi connectivity index (χ4n) is 0.915. The van der Waals surface area contributed by atoms with Crippen molar-refractivity contribution in [3.05, 3.63) is 11.8 Å². The van der Waals surface area contributed by atoms with Crippen molar-refractivity contribution in [3.63, 3.8) is 0 Å². The summed E-state index contributed by atoms with van der Waals surface area (Å²) in [7, 11) is 0. The average molecular weight is 149 g/mol. The second-order valence-corrected chi connectivity index (χ2v) is 2.18. The average Bonchev–Trinajstić information content (AvgIpc) is 2.28. The second-order valence-electron chi connectivity index (χ2n) is 2.18. The van der Waals surface area contributed by atoms with Crippen LogP contribution in [0.3, 0.4) is 0 Å². The molecule has 0 aliphatic carbocycles. The van der Waals surface area contributed by atoms with E-state index in [1.54, 1.807) is 6.34 Å². The third-order valence-electron chi connectivity index (χ3n) is 1.46. The Balaban J connectivity index is 2.37. The van der Waals surface area contributed by atoms with Gasteiger partial charge in [-0.1, -0.05) is 5.22 Å². The number of aliphatic imine (C=N–C) groups is 2. The van der Waals surface area contributed by atoms with E-state index in [1.807, 2.05) is 6.08 Å². The van der Waals surface area contributed by atoms with Gasteiger partial charge in [0.1, 0.15) is 12.0 Å². The van der Waals surface area contributed by atoms with Crippen molar-refractivity contribution in [3.8, 4) is 0 Å². The van der Waals surface area contributed by atoms with Gasteiger partial charge in [-0.2, -0.15) is 0 Å². The summed E-state index contributed by atoms with van der Waals surface area (Å²) in [6.07, 6.45) is 3.47. The maximum Gasteiger partial charge on any atom is 0.110 e. The van der Waals surface area contributed by atoms with Gasteiger partial charge in [-0.25, -0.2) is 4.99 Å². The van der Waals surface area contributed by atoms with E-state index in [0.717, 1.165) is 11.4 Å². The number of rotatable bonds is 0. The first kappa shape index (κ1) is 6.21. The number of hydrogen-bond acceptors (Lipinski definition) is 5. The lowest BCUT2D eigenvalue weighted by molar-refractivity contribution is 0.747. The minimum Gasteiger partial charge on any atom is -0.285 e. The molecule has 0 fully saturated rings. The Kier molecular flexibility index (Phi) is 1.47. The molecule has 1 N–H and O–H groups in total. The molecule has 2 aliphatic heterocycles. The van der Waals surface area contributed by atoms with E-state index in [0.29, 0.717) is 13.1 Å². The van der Waals surface area contributed by atoms with Crippen molar-refractivity contribution in [1.82, 2.24) is 5.43 Å². The normalized spacial score (nSPS) is 21.1. The topological polar surface area (TPSA) is 61.5 Å². The second kappa shape index (κ2) is 2.61. The smallest absolute Gasteiger partial charge is 0.110 e. The summed E-state index contributed by atoms with van der Waals surface area (Å²) in [5, 5.41) is 7.55. The van der Waals surface area contributed by atoms with Gasteiger partial charge in [0.25, 0.3) is 0 Å². The van der Waals surface area contributed by atoms with Crippen molar-refractivity contribution in [2.24, 2.45) is 20.3 Å². The van der Waals surface area contributed by atoms with Gasteiger partial charge < -0.3 is 0 Å². The highest BCUT2D eigenvalue weighted by molar-refractivity contribution is 6.05. The number of hydrogen-bond donors (Lipinski definition) is 1. The molecule has 0 aromatic rings. The highest BCUT2D eigenvalue weighted by Gasteiger charge is 2.10. The summed E-state index contributed by atoms with van der Waals surface area (Å²) >= 11 is 0. The fourth-order valence-corrected chi connectivity index (χ4v) is 0.915. The molecule has 2 aliphatic rings. The van der Waals surface area contributed by atoms with Crippen LogP contribution in [-0.2, 0) is 0 Å². The van der Waals surface area contributed by atoms with Crippen LogP contribution in [0.25, 0.3) is 0 Å². The lowest BCUT2D eigenvalue weighted by Gasteiger charge is -2.07. The quantitative estimate of drug-likeness (QED) is 0.529. The molecule has 2 heterocycles. The van der Waals surface area contributed by atoms with E-state index < -0.39 is 0 Å². The van der Waals surface area contributed by atoms with Crippen molar-refractivity contribution >= 4 is 12.1 Å². The molecule has 0 spiro atoms. The maximum atomic E-state index is 4.09. The first-order valence-electron chi connectivity index (χ1n) is 3.36. The highest BCUT2D eigenvalue weighted by atomic mass is 15.4. The zero-order valence-electron chi connectivity index (χ0n) is 5.86. The predicted octanol–water partition coefficient (Wildman–Crippen LogP) is 0.324. The van der Waals surface area contributed by atoms with Gasteiger partial charge in [0.2, 0.25) is 0 Å². The van der Waals surface area contributed by atoms with Gasteiger partial charge in [0.15, 0.2) is 0 Å². The molecular weight excluding hydrogens is 142 g/mol. The van der Waals surface area contributed by atoms with E-state index in [2.05, 4.69) is 25.7 Å².